The SMILES string of the molecule is CC(C)(C)C(O)CCCc1cccc(F)c1. The fourth-order valence-electron chi connectivity index (χ4n) is 1.63. The van der Waals surface area contributed by atoms with E-state index in [1.54, 1.807) is 12.1 Å². The molecule has 0 bridgehead atoms. The van der Waals surface area contributed by atoms with Gasteiger partial charge < -0.3 is 5.11 Å². The standard InChI is InChI=1S/C14H21FO/c1-14(2,3)13(16)9-5-7-11-6-4-8-12(15)10-11/h4,6,8,10,13,16H,5,7,9H2,1-3H3. The lowest BCUT2D eigenvalue weighted by Crippen LogP contribution is -2.25. The maximum atomic E-state index is 12.9. The van der Waals surface area contributed by atoms with Gasteiger partial charge in [0.15, 0.2) is 0 Å². The van der Waals surface area contributed by atoms with Gasteiger partial charge in [-0.15, -0.1) is 0 Å². The van der Waals surface area contributed by atoms with E-state index in [-0.39, 0.29) is 17.3 Å². The van der Waals surface area contributed by atoms with E-state index in [4.69, 9.17) is 0 Å². The summed E-state index contributed by atoms with van der Waals surface area (Å²) in [5.74, 6) is -0.186. The molecule has 0 aliphatic carbocycles. The molecule has 0 fully saturated rings. The summed E-state index contributed by atoms with van der Waals surface area (Å²) < 4.78 is 12.9. The number of aliphatic hydroxyl groups excluding tert-OH is 1. The molecule has 1 atom stereocenters. The average Bonchev–Trinajstić information content (AvgIpc) is 2.16. The van der Waals surface area contributed by atoms with Crippen molar-refractivity contribution in [3.63, 3.8) is 0 Å². The van der Waals surface area contributed by atoms with Gasteiger partial charge in [0.05, 0.1) is 6.10 Å². The highest BCUT2D eigenvalue weighted by atomic mass is 19.1. The largest absolute Gasteiger partial charge is 0.393 e. The minimum Gasteiger partial charge on any atom is -0.393 e. The Morgan fingerprint density at radius 1 is 1.31 bits per heavy atom. The van der Waals surface area contributed by atoms with Crippen molar-refractivity contribution in [1.82, 2.24) is 0 Å². The fraction of sp³-hybridized carbons (Fsp3) is 0.571. The van der Waals surface area contributed by atoms with E-state index in [9.17, 15) is 9.50 Å². The topological polar surface area (TPSA) is 20.2 Å². The molecule has 0 aliphatic rings. The first-order valence-corrected chi connectivity index (χ1v) is 5.82. The van der Waals surface area contributed by atoms with Gasteiger partial charge >= 0.3 is 0 Å². The van der Waals surface area contributed by atoms with Crippen LogP contribution in [-0.4, -0.2) is 11.2 Å². The van der Waals surface area contributed by atoms with Crippen molar-refractivity contribution < 1.29 is 9.50 Å². The number of hydrogen-bond donors (Lipinski definition) is 1. The van der Waals surface area contributed by atoms with E-state index in [1.807, 2.05) is 26.8 Å². The van der Waals surface area contributed by atoms with Gasteiger partial charge in [-0.1, -0.05) is 32.9 Å². The molecular weight excluding hydrogens is 203 g/mol. The van der Waals surface area contributed by atoms with E-state index in [0.717, 1.165) is 24.8 Å². The first-order valence-electron chi connectivity index (χ1n) is 5.82. The summed E-state index contributed by atoms with van der Waals surface area (Å²) >= 11 is 0. The second-order valence-electron chi connectivity index (χ2n) is 5.40. The molecule has 0 saturated heterocycles. The zero-order valence-electron chi connectivity index (χ0n) is 10.3. The van der Waals surface area contributed by atoms with Crippen LogP contribution in [0.2, 0.25) is 0 Å². The summed E-state index contributed by atoms with van der Waals surface area (Å²) in [7, 11) is 0. The molecule has 0 aliphatic heterocycles. The Morgan fingerprint density at radius 2 is 2.00 bits per heavy atom. The van der Waals surface area contributed by atoms with E-state index >= 15 is 0 Å². The summed E-state index contributed by atoms with van der Waals surface area (Å²) in [5.41, 5.74) is 0.934. The molecule has 0 heterocycles. The lowest BCUT2D eigenvalue weighted by Gasteiger charge is -2.25. The number of benzene rings is 1. The molecule has 0 amide bonds. The third kappa shape index (κ3) is 4.31. The van der Waals surface area contributed by atoms with Crippen molar-refractivity contribution in [3.05, 3.63) is 35.6 Å². The number of halogens is 1. The normalized spacial score (nSPS) is 13.8. The van der Waals surface area contributed by atoms with Gasteiger partial charge in [0.1, 0.15) is 5.82 Å². The highest BCUT2D eigenvalue weighted by molar-refractivity contribution is 5.16. The minimum absolute atomic E-state index is 0.0675. The molecule has 1 aromatic rings. The Bertz CT molecular complexity index is 328. The van der Waals surface area contributed by atoms with Crippen LogP contribution >= 0.6 is 0 Å². The third-order valence-corrected chi connectivity index (χ3v) is 2.83. The molecule has 0 spiro atoms. The van der Waals surface area contributed by atoms with E-state index in [1.165, 1.54) is 6.07 Å². The zero-order chi connectivity index (χ0) is 12.2. The summed E-state index contributed by atoms with van der Waals surface area (Å²) in [6.07, 6.45) is 2.19. The number of aryl methyl sites for hydroxylation is 1. The molecule has 16 heavy (non-hydrogen) atoms. The van der Waals surface area contributed by atoms with Crippen molar-refractivity contribution in [2.45, 2.75) is 46.1 Å². The number of rotatable bonds is 4. The Kier molecular flexibility index (Phi) is 4.48. The second kappa shape index (κ2) is 5.44. The van der Waals surface area contributed by atoms with Gasteiger partial charge in [-0.05, 0) is 42.4 Å². The number of aliphatic hydroxyl groups is 1. The highest BCUT2D eigenvalue weighted by Crippen LogP contribution is 2.23. The van der Waals surface area contributed by atoms with Crippen LogP contribution in [0.4, 0.5) is 4.39 Å². The molecule has 1 nitrogen and oxygen atoms in total. The molecular formula is C14H21FO. The fourth-order valence-corrected chi connectivity index (χ4v) is 1.63. The molecule has 1 N–H and O–H groups in total. The molecule has 0 saturated carbocycles. The van der Waals surface area contributed by atoms with Gasteiger partial charge in [0.2, 0.25) is 0 Å². The molecule has 1 unspecified atom stereocenters. The Labute approximate surface area is 97.3 Å². The molecule has 2 heteroatoms. The van der Waals surface area contributed by atoms with E-state index < -0.39 is 0 Å². The van der Waals surface area contributed by atoms with Crippen LogP contribution < -0.4 is 0 Å². The van der Waals surface area contributed by atoms with Crippen molar-refractivity contribution in [3.8, 4) is 0 Å². The summed E-state index contributed by atoms with van der Waals surface area (Å²) in [4.78, 5) is 0. The van der Waals surface area contributed by atoms with Crippen molar-refractivity contribution in [2.24, 2.45) is 5.41 Å². The highest BCUT2D eigenvalue weighted by Gasteiger charge is 2.21. The van der Waals surface area contributed by atoms with Crippen LogP contribution in [-0.2, 0) is 6.42 Å². The lowest BCUT2D eigenvalue weighted by molar-refractivity contribution is 0.0540. The molecule has 90 valence electrons. The van der Waals surface area contributed by atoms with Crippen LogP contribution in [0, 0.1) is 11.2 Å². The average molecular weight is 224 g/mol. The smallest absolute Gasteiger partial charge is 0.123 e. The summed E-state index contributed by atoms with van der Waals surface area (Å²) in [6, 6.07) is 6.66. The van der Waals surface area contributed by atoms with E-state index in [0.29, 0.717) is 0 Å². The van der Waals surface area contributed by atoms with Crippen LogP contribution in [0.15, 0.2) is 24.3 Å². The van der Waals surface area contributed by atoms with Gasteiger partial charge in [0.25, 0.3) is 0 Å². The lowest BCUT2D eigenvalue weighted by atomic mass is 9.86. The Balaban J connectivity index is 2.36. The van der Waals surface area contributed by atoms with Crippen molar-refractivity contribution >= 4 is 0 Å². The summed E-state index contributed by atoms with van der Waals surface area (Å²) in [5, 5.41) is 9.84. The minimum atomic E-state index is -0.291. The van der Waals surface area contributed by atoms with Crippen molar-refractivity contribution in [1.29, 1.82) is 0 Å². The van der Waals surface area contributed by atoms with Gasteiger partial charge in [0, 0.05) is 0 Å². The van der Waals surface area contributed by atoms with Crippen LogP contribution in [0.25, 0.3) is 0 Å². The van der Waals surface area contributed by atoms with Crippen molar-refractivity contribution in [2.75, 3.05) is 0 Å². The first kappa shape index (κ1) is 13.2. The van der Waals surface area contributed by atoms with Gasteiger partial charge in [-0.2, -0.15) is 0 Å². The second-order valence-corrected chi connectivity index (χ2v) is 5.40. The van der Waals surface area contributed by atoms with Crippen LogP contribution in [0.5, 0.6) is 0 Å². The van der Waals surface area contributed by atoms with E-state index in [2.05, 4.69) is 0 Å². The van der Waals surface area contributed by atoms with Gasteiger partial charge in [-0.3, -0.25) is 0 Å². The maximum Gasteiger partial charge on any atom is 0.123 e. The first-order chi connectivity index (χ1) is 7.39. The predicted octanol–water partition coefficient (Wildman–Crippen LogP) is 3.56. The zero-order valence-corrected chi connectivity index (χ0v) is 10.3. The number of hydrogen-bond acceptors (Lipinski definition) is 1. The third-order valence-electron chi connectivity index (χ3n) is 2.83. The maximum absolute atomic E-state index is 12.9. The molecule has 0 radical (unpaired) electrons. The van der Waals surface area contributed by atoms with Crippen LogP contribution in [0.3, 0.4) is 0 Å². The molecule has 1 rings (SSSR count). The predicted molar refractivity (Wildman–Crippen MR) is 64.8 cm³/mol. The monoisotopic (exact) mass is 224 g/mol. The summed E-state index contributed by atoms with van der Waals surface area (Å²) in [6.45, 7) is 6.08. The Hall–Kier alpha value is -0.890. The van der Waals surface area contributed by atoms with Crippen LogP contribution in [0.1, 0.15) is 39.2 Å². The molecule has 1 aromatic carbocycles. The molecule has 0 aromatic heterocycles. The quantitative estimate of drug-likeness (QED) is 0.829. The van der Waals surface area contributed by atoms with Gasteiger partial charge in [-0.25, -0.2) is 4.39 Å². The Morgan fingerprint density at radius 3 is 2.56 bits per heavy atom.